The van der Waals surface area contributed by atoms with Gasteiger partial charge < -0.3 is 5.32 Å². The topological polar surface area (TPSA) is 66.9 Å². The van der Waals surface area contributed by atoms with Crippen molar-refractivity contribution in [3.8, 4) is 0 Å². The number of rotatable bonds is 2. The maximum Gasteiger partial charge on any atom is 0.325 e. The quantitative estimate of drug-likeness (QED) is 0.838. The Morgan fingerprint density at radius 2 is 2.31 bits per heavy atom. The molecule has 0 aliphatic carbocycles. The number of amides is 2. The highest BCUT2D eigenvalue weighted by Gasteiger charge is 2.04. The van der Waals surface area contributed by atoms with Crippen molar-refractivity contribution in [3.05, 3.63) is 35.6 Å². The predicted molar refractivity (Wildman–Crippen MR) is 63.7 cm³/mol. The van der Waals surface area contributed by atoms with Gasteiger partial charge in [0.05, 0.1) is 17.6 Å². The standard InChI is InChI=1S/C10H10N4OS/c1-7-6-16-10(12-7)14-9(15)13-8-3-2-4-11-5-8/h2-6H,1H3,(H2,12,13,14,15). The lowest BCUT2D eigenvalue weighted by molar-refractivity contribution is 0.262. The van der Waals surface area contributed by atoms with E-state index in [4.69, 9.17) is 0 Å². The molecule has 0 saturated heterocycles. The fourth-order valence-electron chi connectivity index (χ4n) is 1.11. The number of urea groups is 1. The molecule has 0 bridgehead atoms. The Kier molecular flexibility index (Phi) is 3.11. The molecule has 2 aromatic heterocycles. The van der Waals surface area contributed by atoms with Crippen LogP contribution in [0.5, 0.6) is 0 Å². The molecule has 0 fully saturated rings. The number of carbonyl (C=O) groups is 1. The predicted octanol–water partition coefficient (Wildman–Crippen LogP) is 2.49. The molecule has 5 nitrogen and oxygen atoms in total. The summed E-state index contributed by atoms with van der Waals surface area (Å²) in [6.07, 6.45) is 3.22. The van der Waals surface area contributed by atoms with Gasteiger partial charge in [-0.15, -0.1) is 11.3 Å². The van der Waals surface area contributed by atoms with Crippen LogP contribution >= 0.6 is 11.3 Å². The van der Waals surface area contributed by atoms with Gasteiger partial charge in [-0.05, 0) is 19.1 Å². The first-order valence-electron chi connectivity index (χ1n) is 4.64. The molecule has 0 saturated carbocycles. The summed E-state index contributed by atoms with van der Waals surface area (Å²) in [7, 11) is 0. The summed E-state index contributed by atoms with van der Waals surface area (Å²) in [5.41, 5.74) is 1.54. The number of nitrogens with zero attached hydrogens (tertiary/aromatic N) is 2. The molecule has 0 unspecified atom stereocenters. The van der Waals surface area contributed by atoms with Crippen LogP contribution in [0, 0.1) is 6.92 Å². The third-order valence-electron chi connectivity index (χ3n) is 1.76. The van der Waals surface area contributed by atoms with Crippen LogP contribution in [0.4, 0.5) is 15.6 Å². The summed E-state index contributed by atoms with van der Waals surface area (Å²) in [6.45, 7) is 1.88. The monoisotopic (exact) mass is 234 g/mol. The van der Waals surface area contributed by atoms with Crippen molar-refractivity contribution in [1.82, 2.24) is 9.97 Å². The van der Waals surface area contributed by atoms with E-state index >= 15 is 0 Å². The Morgan fingerprint density at radius 1 is 1.44 bits per heavy atom. The van der Waals surface area contributed by atoms with Crippen LogP contribution in [-0.2, 0) is 0 Å². The van der Waals surface area contributed by atoms with Crippen molar-refractivity contribution in [3.63, 3.8) is 0 Å². The maximum atomic E-state index is 11.5. The number of nitrogens with one attached hydrogen (secondary N) is 2. The van der Waals surface area contributed by atoms with E-state index in [-0.39, 0.29) is 6.03 Å². The fraction of sp³-hybridized carbons (Fsp3) is 0.100. The highest BCUT2D eigenvalue weighted by atomic mass is 32.1. The van der Waals surface area contributed by atoms with Gasteiger partial charge >= 0.3 is 6.03 Å². The van der Waals surface area contributed by atoms with Crippen molar-refractivity contribution < 1.29 is 4.79 Å². The average Bonchev–Trinajstić information content (AvgIpc) is 2.65. The molecule has 2 heterocycles. The third-order valence-corrected chi connectivity index (χ3v) is 2.63. The molecule has 2 aromatic rings. The summed E-state index contributed by atoms with van der Waals surface area (Å²) >= 11 is 1.39. The summed E-state index contributed by atoms with van der Waals surface area (Å²) < 4.78 is 0. The second kappa shape index (κ2) is 4.71. The van der Waals surface area contributed by atoms with Crippen LogP contribution in [0.25, 0.3) is 0 Å². The van der Waals surface area contributed by atoms with Gasteiger partial charge in [-0.3, -0.25) is 10.3 Å². The molecule has 82 valence electrons. The van der Waals surface area contributed by atoms with Crippen molar-refractivity contribution in [2.24, 2.45) is 0 Å². The molecule has 0 aromatic carbocycles. The Labute approximate surface area is 96.6 Å². The van der Waals surface area contributed by atoms with E-state index in [2.05, 4.69) is 20.6 Å². The Hall–Kier alpha value is -1.95. The van der Waals surface area contributed by atoms with Crippen LogP contribution in [0.2, 0.25) is 0 Å². The van der Waals surface area contributed by atoms with Gasteiger partial charge in [0.15, 0.2) is 5.13 Å². The van der Waals surface area contributed by atoms with Gasteiger partial charge in [0.2, 0.25) is 0 Å². The average molecular weight is 234 g/mol. The number of aromatic nitrogens is 2. The molecular weight excluding hydrogens is 224 g/mol. The van der Waals surface area contributed by atoms with E-state index in [0.29, 0.717) is 10.8 Å². The van der Waals surface area contributed by atoms with Gasteiger partial charge in [-0.1, -0.05) is 0 Å². The number of anilines is 2. The minimum Gasteiger partial charge on any atom is -0.306 e. The van der Waals surface area contributed by atoms with Crippen LogP contribution in [0.1, 0.15) is 5.69 Å². The zero-order valence-corrected chi connectivity index (χ0v) is 9.41. The Morgan fingerprint density at radius 3 is 2.94 bits per heavy atom. The van der Waals surface area contributed by atoms with Crippen LogP contribution in [-0.4, -0.2) is 16.0 Å². The number of carbonyl (C=O) groups excluding carboxylic acids is 1. The molecule has 2 rings (SSSR count). The largest absolute Gasteiger partial charge is 0.325 e. The lowest BCUT2D eigenvalue weighted by atomic mass is 10.4. The molecule has 0 radical (unpaired) electrons. The normalized spacial score (nSPS) is 9.81. The third kappa shape index (κ3) is 2.77. The minimum atomic E-state index is -0.317. The molecule has 0 atom stereocenters. The number of pyridine rings is 1. The second-order valence-electron chi connectivity index (χ2n) is 3.11. The van der Waals surface area contributed by atoms with E-state index in [0.717, 1.165) is 5.69 Å². The van der Waals surface area contributed by atoms with Crippen molar-refractivity contribution in [2.45, 2.75) is 6.92 Å². The number of aryl methyl sites for hydroxylation is 1. The van der Waals surface area contributed by atoms with Crippen LogP contribution in [0.3, 0.4) is 0 Å². The smallest absolute Gasteiger partial charge is 0.306 e. The Bertz CT molecular complexity index is 483. The molecule has 6 heteroatoms. The van der Waals surface area contributed by atoms with Gasteiger partial charge in [0.25, 0.3) is 0 Å². The van der Waals surface area contributed by atoms with E-state index in [1.54, 1.807) is 24.5 Å². The van der Waals surface area contributed by atoms with E-state index in [9.17, 15) is 4.79 Å². The zero-order valence-electron chi connectivity index (χ0n) is 8.60. The zero-order chi connectivity index (χ0) is 11.4. The van der Waals surface area contributed by atoms with Gasteiger partial charge in [-0.2, -0.15) is 0 Å². The lowest BCUT2D eigenvalue weighted by Crippen LogP contribution is -2.19. The van der Waals surface area contributed by atoms with Crippen LogP contribution < -0.4 is 10.6 Å². The number of thiazole rings is 1. The first-order chi connectivity index (χ1) is 7.74. The van der Waals surface area contributed by atoms with Crippen molar-refractivity contribution >= 4 is 28.2 Å². The first-order valence-corrected chi connectivity index (χ1v) is 5.52. The van der Waals surface area contributed by atoms with Gasteiger partial charge in [0, 0.05) is 11.6 Å². The fourth-order valence-corrected chi connectivity index (χ4v) is 1.79. The maximum absolute atomic E-state index is 11.5. The Balaban J connectivity index is 1.95. The number of hydrogen-bond donors (Lipinski definition) is 2. The van der Waals surface area contributed by atoms with Crippen molar-refractivity contribution in [2.75, 3.05) is 10.6 Å². The molecule has 2 amide bonds. The summed E-state index contributed by atoms with van der Waals surface area (Å²) in [5.74, 6) is 0. The van der Waals surface area contributed by atoms with Gasteiger partial charge in [0.1, 0.15) is 0 Å². The van der Waals surface area contributed by atoms with E-state index < -0.39 is 0 Å². The molecule has 0 aliphatic heterocycles. The highest BCUT2D eigenvalue weighted by Crippen LogP contribution is 2.14. The van der Waals surface area contributed by atoms with E-state index in [1.807, 2.05) is 12.3 Å². The summed E-state index contributed by atoms with van der Waals surface area (Å²) in [6, 6.07) is 3.20. The molecule has 16 heavy (non-hydrogen) atoms. The number of hydrogen-bond acceptors (Lipinski definition) is 4. The molecule has 0 spiro atoms. The van der Waals surface area contributed by atoms with Gasteiger partial charge in [-0.25, -0.2) is 9.78 Å². The molecular formula is C10H10N4OS. The van der Waals surface area contributed by atoms with Crippen molar-refractivity contribution in [1.29, 1.82) is 0 Å². The highest BCUT2D eigenvalue weighted by molar-refractivity contribution is 7.13. The first kappa shape index (κ1) is 10.6. The summed E-state index contributed by atoms with van der Waals surface area (Å²) in [5, 5.41) is 7.75. The SMILES string of the molecule is Cc1csc(NC(=O)Nc2cccnc2)n1. The second-order valence-corrected chi connectivity index (χ2v) is 3.97. The summed E-state index contributed by atoms with van der Waals surface area (Å²) in [4.78, 5) is 19.5. The van der Waals surface area contributed by atoms with E-state index in [1.165, 1.54) is 11.3 Å². The molecule has 2 N–H and O–H groups in total. The lowest BCUT2D eigenvalue weighted by Gasteiger charge is -2.03. The minimum absolute atomic E-state index is 0.317. The van der Waals surface area contributed by atoms with Crippen LogP contribution in [0.15, 0.2) is 29.9 Å². The molecule has 0 aliphatic rings.